The number of halogens is 1. The van der Waals surface area contributed by atoms with Gasteiger partial charge in [-0.2, -0.15) is 0 Å². The summed E-state index contributed by atoms with van der Waals surface area (Å²) in [6, 6.07) is 17.4. The molecule has 0 aliphatic heterocycles. The van der Waals surface area contributed by atoms with Gasteiger partial charge in [0, 0.05) is 16.5 Å². The fourth-order valence-electron chi connectivity index (χ4n) is 4.72. The van der Waals surface area contributed by atoms with E-state index in [2.05, 4.69) is 10.0 Å². The molecule has 0 saturated heterocycles. The minimum Gasteiger partial charge on any atom is -0.496 e. The van der Waals surface area contributed by atoms with Crippen molar-refractivity contribution in [1.29, 1.82) is 0 Å². The lowest BCUT2D eigenvalue weighted by molar-refractivity contribution is 0.384. The first-order valence-corrected chi connectivity index (χ1v) is 13.1. The van der Waals surface area contributed by atoms with E-state index in [4.69, 9.17) is 14.5 Å². The predicted octanol–water partition coefficient (Wildman–Crippen LogP) is 5.68. The predicted molar refractivity (Wildman–Crippen MR) is 138 cm³/mol. The maximum atomic E-state index is 13.2. The minimum absolute atomic E-state index is 0.0103. The highest BCUT2D eigenvalue weighted by atomic mass is 32.2. The van der Waals surface area contributed by atoms with Crippen LogP contribution in [0.3, 0.4) is 0 Å². The van der Waals surface area contributed by atoms with Crippen molar-refractivity contribution < 1.29 is 22.3 Å². The highest BCUT2D eigenvalue weighted by Crippen LogP contribution is 2.42. The Morgan fingerprint density at radius 2 is 1.69 bits per heavy atom. The van der Waals surface area contributed by atoms with Crippen molar-refractivity contribution in [2.24, 2.45) is 0 Å². The second kappa shape index (κ2) is 9.66. The first-order valence-electron chi connectivity index (χ1n) is 11.6. The molecule has 0 saturated carbocycles. The molecule has 0 radical (unpaired) electrons. The molecule has 1 atom stereocenters. The quantitative estimate of drug-likeness (QED) is 0.335. The number of benzene rings is 3. The molecule has 3 aromatic carbocycles. The van der Waals surface area contributed by atoms with Gasteiger partial charge in [0.25, 0.3) is 10.0 Å². The van der Waals surface area contributed by atoms with Crippen LogP contribution < -0.4 is 19.5 Å². The Balaban J connectivity index is 1.45. The van der Waals surface area contributed by atoms with Crippen LogP contribution >= 0.6 is 0 Å². The van der Waals surface area contributed by atoms with E-state index >= 15 is 0 Å². The molecule has 1 unspecified atom stereocenters. The van der Waals surface area contributed by atoms with Crippen LogP contribution in [-0.4, -0.2) is 27.6 Å². The molecule has 0 fully saturated rings. The molecule has 0 spiro atoms. The topological polar surface area (TPSA) is 89.5 Å². The third kappa shape index (κ3) is 4.54. The average molecular weight is 508 g/mol. The zero-order valence-corrected chi connectivity index (χ0v) is 20.7. The molecule has 1 aromatic heterocycles. The van der Waals surface area contributed by atoms with Crippen LogP contribution in [0.4, 0.5) is 15.9 Å². The Hall–Kier alpha value is -3.85. The highest BCUT2D eigenvalue weighted by molar-refractivity contribution is 7.92. The largest absolute Gasteiger partial charge is 0.496 e. The summed E-state index contributed by atoms with van der Waals surface area (Å²) in [5, 5.41) is 4.18. The van der Waals surface area contributed by atoms with Gasteiger partial charge in [-0.25, -0.2) is 17.8 Å². The molecule has 1 heterocycles. The number of aromatic nitrogens is 1. The number of nitrogens with one attached hydrogen (secondary N) is 2. The van der Waals surface area contributed by atoms with Crippen molar-refractivity contribution in [3.05, 3.63) is 83.7 Å². The van der Waals surface area contributed by atoms with Crippen LogP contribution in [-0.2, 0) is 16.4 Å². The van der Waals surface area contributed by atoms with Crippen molar-refractivity contribution >= 4 is 32.4 Å². The van der Waals surface area contributed by atoms with E-state index < -0.39 is 15.8 Å². The summed E-state index contributed by atoms with van der Waals surface area (Å²) in [6.07, 6.45) is 2.82. The fraction of sp³-hybridized carbons (Fsp3) is 0.222. The van der Waals surface area contributed by atoms with Crippen LogP contribution in [0.1, 0.15) is 30.0 Å². The lowest BCUT2D eigenvalue weighted by Gasteiger charge is -2.29. The standard InChI is InChI=1S/C27H26FN3O4S/c1-34-24-14-15-25(35-2)27-20(24)5-3-8-23(27)30-26-16-13-19-21(29-26)6-4-7-22(19)31-36(32,33)18-11-9-17(28)10-12-18/h4,6-7,9-16,23,31H,3,5,8H2,1-2H3,(H,29,30). The molecule has 9 heteroatoms. The summed E-state index contributed by atoms with van der Waals surface area (Å²) in [7, 11) is -0.552. The molecule has 1 aliphatic rings. The van der Waals surface area contributed by atoms with Gasteiger partial charge >= 0.3 is 0 Å². The highest BCUT2D eigenvalue weighted by Gasteiger charge is 2.27. The van der Waals surface area contributed by atoms with Crippen molar-refractivity contribution in [3.63, 3.8) is 0 Å². The minimum atomic E-state index is -3.89. The van der Waals surface area contributed by atoms with Gasteiger partial charge < -0.3 is 14.8 Å². The first-order chi connectivity index (χ1) is 17.4. The maximum Gasteiger partial charge on any atom is 0.261 e. The monoisotopic (exact) mass is 507 g/mol. The zero-order chi connectivity index (χ0) is 25.3. The van der Waals surface area contributed by atoms with Gasteiger partial charge in [0.2, 0.25) is 0 Å². The number of methoxy groups -OCH3 is 2. The van der Waals surface area contributed by atoms with Crippen molar-refractivity contribution in [1.82, 2.24) is 4.98 Å². The van der Waals surface area contributed by atoms with E-state index in [0.717, 1.165) is 54.0 Å². The zero-order valence-electron chi connectivity index (χ0n) is 19.9. The second-order valence-corrected chi connectivity index (χ2v) is 10.3. The van der Waals surface area contributed by atoms with E-state index in [0.29, 0.717) is 22.4 Å². The van der Waals surface area contributed by atoms with Gasteiger partial charge in [-0.3, -0.25) is 4.72 Å². The summed E-state index contributed by atoms with van der Waals surface area (Å²) in [5.74, 6) is 1.83. The molecular weight excluding hydrogens is 481 g/mol. The Kier molecular flexibility index (Phi) is 6.40. The number of nitrogens with zero attached hydrogens (tertiary/aromatic N) is 1. The molecule has 4 aromatic rings. The molecule has 2 N–H and O–H groups in total. The van der Waals surface area contributed by atoms with Crippen molar-refractivity contribution in [3.8, 4) is 11.5 Å². The number of hydrogen-bond acceptors (Lipinski definition) is 6. The first kappa shape index (κ1) is 23.9. The van der Waals surface area contributed by atoms with Crippen LogP contribution in [0, 0.1) is 5.82 Å². The molecule has 0 amide bonds. The van der Waals surface area contributed by atoms with E-state index in [1.54, 1.807) is 26.4 Å². The number of rotatable bonds is 7. The molecule has 1 aliphatic carbocycles. The van der Waals surface area contributed by atoms with E-state index in [-0.39, 0.29) is 10.9 Å². The molecule has 36 heavy (non-hydrogen) atoms. The normalized spacial score (nSPS) is 15.2. The van der Waals surface area contributed by atoms with Crippen molar-refractivity contribution in [2.75, 3.05) is 24.3 Å². The maximum absolute atomic E-state index is 13.2. The van der Waals surface area contributed by atoms with Gasteiger partial charge in [0.05, 0.1) is 36.4 Å². The second-order valence-electron chi connectivity index (χ2n) is 8.58. The number of anilines is 2. The lowest BCUT2D eigenvalue weighted by atomic mass is 9.86. The third-order valence-electron chi connectivity index (χ3n) is 6.40. The SMILES string of the molecule is COc1ccc(OC)c2c1CCCC2Nc1ccc2c(NS(=O)(=O)c3ccc(F)cc3)cccc2n1. The Morgan fingerprint density at radius 3 is 2.44 bits per heavy atom. The summed E-state index contributed by atoms with van der Waals surface area (Å²) < 4.78 is 52.7. The average Bonchev–Trinajstić information content (AvgIpc) is 2.88. The lowest BCUT2D eigenvalue weighted by Crippen LogP contribution is -2.19. The number of pyridine rings is 1. The molecule has 186 valence electrons. The van der Waals surface area contributed by atoms with Gasteiger partial charge in [0.15, 0.2) is 0 Å². The van der Waals surface area contributed by atoms with Gasteiger partial charge in [-0.05, 0) is 79.9 Å². The van der Waals surface area contributed by atoms with Crippen LogP contribution in [0.15, 0.2) is 71.6 Å². The Bertz CT molecular complexity index is 1520. The van der Waals surface area contributed by atoms with Gasteiger partial charge in [-0.1, -0.05) is 6.07 Å². The fourth-order valence-corrected chi connectivity index (χ4v) is 5.80. The summed E-state index contributed by atoms with van der Waals surface area (Å²) in [4.78, 5) is 4.73. The summed E-state index contributed by atoms with van der Waals surface area (Å²) in [5.41, 5.74) is 3.24. The number of fused-ring (bicyclic) bond motifs is 2. The van der Waals surface area contributed by atoms with Crippen LogP contribution in [0.2, 0.25) is 0 Å². The number of ether oxygens (including phenoxy) is 2. The molecule has 0 bridgehead atoms. The Labute approximate surface area is 209 Å². The van der Waals surface area contributed by atoms with Crippen LogP contribution in [0.5, 0.6) is 11.5 Å². The third-order valence-corrected chi connectivity index (χ3v) is 7.79. The summed E-state index contributed by atoms with van der Waals surface area (Å²) in [6.45, 7) is 0. The molecule has 5 rings (SSSR count). The number of hydrogen-bond donors (Lipinski definition) is 2. The molecule has 7 nitrogen and oxygen atoms in total. The smallest absolute Gasteiger partial charge is 0.261 e. The number of sulfonamides is 1. The summed E-state index contributed by atoms with van der Waals surface area (Å²) >= 11 is 0. The molecular formula is C27H26FN3O4S. The Morgan fingerprint density at radius 1 is 0.944 bits per heavy atom. The van der Waals surface area contributed by atoms with E-state index in [9.17, 15) is 12.8 Å². The van der Waals surface area contributed by atoms with Gasteiger partial charge in [-0.15, -0.1) is 0 Å². The van der Waals surface area contributed by atoms with E-state index in [1.165, 1.54) is 12.1 Å². The van der Waals surface area contributed by atoms with Gasteiger partial charge in [0.1, 0.15) is 23.1 Å². The van der Waals surface area contributed by atoms with Crippen LogP contribution in [0.25, 0.3) is 10.9 Å². The van der Waals surface area contributed by atoms with E-state index in [1.807, 2.05) is 30.3 Å². The van der Waals surface area contributed by atoms with Crippen molar-refractivity contribution in [2.45, 2.75) is 30.2 Å².